The Balaban J connectivity index is 1.72. The number of nitrogens with one attached hydrogen (secondary N) is 1. The van der Waals surface area contributed by atoms with Crippen LogP contribution in [0, 0.1) is 11.3 Å². The van der Waals surface area contributed by atoms with Gasteiger partial charge in [0.2, 0.25) is 0 Å². The zero-order chi connectivity index (χ0) is 26.3. The number of benzene rings is 2. The second kappa shape index (κ2) is 12.2. The molecule has 1 heterocycles. The van der Waals surface area contributed by atoms with Gasteiger partial charge in [0.15, 0.2) is 0 Å². The fourth-order valence-electron chi connectivity index (χ4n) is 4.00. The fraction of sp³-hybridized carbons (Fsp3) is 0.444. The zero-order valence-corrected chi connectivity index (χ0v) is 23.6. The van der Waals surface area contributed by atoms with Crippen molar-refractivity contribution in [2.45, 2.75) is 50.5 Å². The Morgan fingerprint density at radius 1 is 1.14 bits per heavy atom. The van der Waals surface area contributed by atoms with E-state index in [1.54, 1.807) is 37.3 Å². The molecule has 36 heavy (non-hydrogen) atoms. The van der Waals surface area contributed by atoms with Crippen LogP contribution in [-0.2, 0) is 11.3 Å². The topological polar surface area (TPSA) is 101 Å². The molecule has 2 aromatic carbocycles. The van der Waals surface area contributed by atoms with Crippen molar-refractivity contribution in [3.05, 3.63) is 53.1 Å². The van der Waals surface area contributed by atoms with Crippen LogP contribution in [0.2, 0.25) is 4.71 Å². The first-order valence-electron chi connectivity index (χ1n) is 11.9. The van der Waals surface area contributed by atoms with E-state index in [0.717, 1.165) is 22.8 Å². The predicted molar refractivity (Wildman–Crippen MR) is 139 cm³/mol. The van der Waals surface area contributed by atoms with Crippen molar-refractivity contribution in [1.82, 2.24) is 10.2 Å². The molecule has 2 aromatic rings. The molecule has 192 valence electrons. The van der Waals surface area contributed by atoms with Crippen LogP contribution < -0.4 is 19.1 Å². The van der Waals surface area contributed by atoms with Gasteiger partial charge in [0.25, 0.3) is 0 Å². The van der Waals surface area contributed by atoms with Crippen LogP contribution in [0.5, 0.6) is 11.5 Å². The summed E-state index contributed by atoms with van der Waals surface area (Å²) in [6.45, 7) is 7.22. The fourth-order valence-corrected chi connectivity index (χ4v) is 7.40. The number of hydrogen-bond donors (Lipinski definition) is 1. The van der Waals surface area contributed by atoms with Gasteiger partial charge in [-0.2, -0.15) is 0 Å². The van der Waals surface area contributed by atoms with Gasteiger partial charge >= 0.3 is 220 Å². The summed E-state index contributed by atoms with van der Waals surface area (Å²) in [5, 5.41) is 12.4. The van der Waals surface area contributed by atoms with Crippen molar-refractivity contribution in [3.8, 4) is 17.6 Å². The van der Waals surface area contributed by atoms with E-state index in [4.69, 9.17) is 14.2 Å². The van der Waals surface area contributed by atoms with Crippen LogP contribution in [0.1, 0.15) is 55.1 Å². The molecule has 2 unspecified atom stereocenters. The molecule has 1 N–H and O–H groups in total. The average molecular weight is 556 g/mol. The Morgan fingerprint density at radius 3 is 2.56 bits per heavy atom. The van der Waals surface area contributed by atoms with E-state index in [2.05, 4.69) is 11.4 Å². The van der Waals surface area contributed by atoms with E-state index >= 15 is 0 Å². The van der Waals surface area contributed by atoms with E-state index in [9.17, 15) is 14.9 Å². The quantitative estimate of drug-likeness (QED) is 0.526. The summed E-state index contributed by atoms with van der Waals surface area (Å²) in [6.07, 6.45) is 1.63. The molecular weight excluding hydrogens is 521 g/mol. The zero-order valence-electron chi connectivity index (χ0n) is 21.5. The summed E-state index contributed by atoms with van der Waals surface area (Å²) < 4.78 is 17.5. The number of rotatable bonds is 7. The summed E-state index contributed by atoms with van der Waals surface area (Å²) in [4.78, 5) is 27.6. The van der Waals surface area contributed by atoms with E-state index in [0.29, 0.717) is 47.0 Å². The van der Waals surface area contributed by atoms with Gasteiger partial charge in [-0.05, 0) is 0 Å². The van der Waals surface area contributed by atoms with Crippen molar-refractivity contribution >= 4 is 32.1 Å². The van der Waals surface area contributed by atoms with Gasteiger partial charge in [-0.3, -0.25) is 0 Å². The van der Waals surface area contributed by atoms with Gasteiger partial charge in [-0.15, -0.1) is 0 Å². The van der Waals surface area contributed by atoms with Gasteiger partial charge < -0.3 is 0 Å². The summed E-state index contributed by atoms with van der Waals surface area (Å²) in [6, 6.07) is 13.0. The number of nitrogens with zero attached hydrogens (tertiary/aromatic N) is 2. The molecule has 1 aliphatic rings. The molecule has 0 bridgehead atoms. The second-order valence-corrected chi connectivity index (χ2v) is 13.1. The summed E-state index contributed by atoms with van der Waals surface area (Å²) >= 11 is -0.759. The minimum atomic E-state index is -0.759. The van der Waals surface area contributed by atoms with Crippen molar-refractivity contribution in [3.63, 3.8) is 0 Å². The van der Waals surface area contributed by atoms with Crippen molar-refractivity contribution in [1.29, 1.82) is 5.26 Å². The van der Waals surface area contributed by atoms with Gasteiger partial charge in [0.1, 0.15) is 0 Å². The summed E-state index contributed by atoms with van der Waals surface area (Å²) in [7, 11) is 3.14. The molecule has 3 rings (SSSR count). The molecule has 9 heteroatoms. The predicted octanol–water partition coefficient (Wildman–Crippen LogP) is 3.39. The van der Waals surface area contributed by atoms with Crippen LogP contribution in [0.25, 0.3) is 0 Å². The Hall–Kier alpha value is -3.17. The molecular formula is C27H34AsN3O5. The number of likely N-dealkylation sites (tertiary alicyclic amines) is 1. The van der Waals surface area contributed by atoms with Crippen LogP contribution in [0.4, 0.5) is 4.79 Å². The van der Waals surface area contributed by atoms with Crippen molar-refractivity contribution in [2.75, 3.05) is 27.3 Å². The Morgan fingerprint density at radius 2 is 1.89 bits per heavy atom. The standard InChI is InChI=1S/C27H34AsN3O5/c1-27(2,3)36-26(33)31-12-6-7-20(17-31)28-22-10-8-18(15-29)13-21(22)25(32)30-16-19-9-11-23(34-4)24(14-19)35-5/h8-11,13-14,20,28H,6-7,12,16-17H2,1-5H3,(H,30,32). The first-order valence-corrected chi connectivity index (χ1v) is 14.2. The second-order valence-electron chi connectivity index (χ2n) is 9.65. The van der Waals surface area contributed by atoms with Gasteiger partial charge in [0.05, 0.1) is 0 Å². The molecule has 0 aromatic heterocycles. The number of carbonyl (C=O) groups is 2. The summed E-state index contributed by atoms with van der Waals surface area (Å²) in [5.41, 5.74) is 1.31. The van der Waals surface area contributed by atoms with E-state index in [1.165, 1.54) is 0 Å². The normalized spacial score (nSPS) is 15.9. The van der Waals surface area contributed by atoms with Gasteiger partial charge in [-0.25, -0.2) is 0 Å². The van der Waals surface area contributed by atoms with Crippen LogP contribution in [0.3, 0.4) is 0 Å². The number of amides is 2. The summed E-state index contributed by atoms with van der Waals surface area (Å²) in [5.74, 6) is 0.991. The maximum atomic E-state index is 13.2. The average Bonchev–Trinajstić information content (AvgIpc) is 2.86. The molecule has 1 saturated heterocycles. The minimum absolute atomic E-state index is 0.222. The van der Waals surface area contributed by atoms with Crippen molar-refractivity contribution in [2.24, 2.45) is 0 Å². The number of hydrogen-bond acceptors (Lipinski definition) is 6. The molecule has 0 aliphatic carbocycles. The van der Waals surface area contributed by atoms with Crippen LogP contribution in [-0.4, -0.2) is 65.6 Å². The Kier molecular flexibility index (Phi) is 9.28. The third-order valence-corrected chi connectivity index (χ3v) is 9.14. The van der Waals surface area contributed by atoms with E-state index in [-0.39, 0.29) is 12.0 Å². The number of piperidine rings is 1. The number of ether oxygens (including phenoxy) is 3. The molecule has 0 radical (unpaired) electrons. The molecule has 2 amide bonds. The van der Waals surface area contributed by atoms with E-state index in [1.807, 2.05) is 39.0 Å². The van der Waals surface area contributed by atoms with Crippen LogP contribution >= 0.6 is 0 Å². The Bertz CT molecular complexity index is 1140. The van der Waals surface area contributed by atoms with Crippen molar-refractivity contribution < 1.29 is 23.8 Å². The molecule has 8 nitrogen and oxygen atoms in total. The SMILES string of the molecule is COc1ccc(CNC(=O)c2cc(C#N)ccc2[AsH]C2CCCN(C(=O)OC(C)(C)C)C2)cc1OC. The van der Waals surface area contributed by atoms with Gasteiger partial charge in [-0.1, -0.05) is 0 Å². The number of carbonyl (C=O) groups excluding carboxylic acids is 2. The van der Waals surface area contributed by atoms with Crippen LogP contribution in [0.15, 0.2) is 36.4 Å². The maximum absolute atomic E-state index is 13.2. The number of nitriles is 1. The molecule has 1 aliphatic heterocycles. The molecule has 0 saturated carbocycles. The number of methoxy groups -OCH3 is 2. The first kappa shape index (κ1) is 27.4. The van der Waals surface area contributed by atoms with E-state index < -0.39 is 21.4 Å². The first-order chi connectivity index (χ1) is 17.1. The molecule has 1 fully saturated rings. The molecule has 0 spiro atoms. The Labute approximate surface area is 219 Å². The molecule has 2 atom stereocenters. The van der Waals surface area contributed by atoms with Gasteiger partial charge in [0, 0.05) is 0 Å². The third kappa shape index (κ3) is 7.41. The monoisotopic (exact) mass is 555 g/mol. The third-order valence-electron chi connectivity index (χ3n) is 5.73.